The molecule has 2 aromatic rings. The van der Waals surface area contributed by atoms with E-state index >= 15 is 0 Å². The molecule has 1 spiro atoms. The van der Waals surface area contributed by atoms with E-state index in [0.29, 0.717) is 37.4 Å². The van der Waals surface area contributed by atoms with Crippen molar-refractivity contribution in [2.45, 2.75) is 112 Å². The average molecular weight is 845 g/mol. The fourth-order valence-electron chi connectivity index (χ4n) is 8.95. The molecular weight excluding hydrogens is 785 g/mol. The van der Waals surface area contributed by atoms with E-state index < -0.39 is 70.9 Å². The van der Waals surface area contributed by atoms with Gasteiger partial charge < -0.3 is 49.6 Å². The van der Waals surface area contributed by atoms with E-state index in [0.717, 1.165) is 6.54 Å². The maximum absolute atomic E-state index is 14.7. The Morgan fingerprint density at radius 1 is 1.02 bits per heavy atom. The Hall–Kier alpha value is -5.25. The average Bonchev–Trinajstić information content (AvgIpc) is 3.71. The molecule has 5 N–H and O–H groups in total. The van der Waals surface area contributed by atoms with E-state index in [9.17, 15) is 34.8 Å². The van der Waals surface area contributed by atoms with E-state index in [1.807, 2.05) is 0 Å². The minimum atomic E-state index is -1.96. The topological polar surface area (TPSA) is 209 Å². The van der Waals surface area contributed by atoms with Gasteiger partial charge in [0.1, 0.15) is 34.4 Å². The Labute approximate surface area is 356 Å². The first-order valence-corrected chi connectivity index (χ1v) is 20.9. The number of ketones is 1. The number of benzene rings is 2. The Morgan fingerprint density at radius 3 is 2.30 bits per heavy atom. The highest BCUT2D eigenvalue weighted by atomic mass is 16.7. The van der Waals surface area contributed by atoms with Gasteiger partial charge in [-0.05, 0) is 38.3 Å². The highest BCUT2D eigenvalue weighted by molar-refractivity contribution is 6.19. The molecule has 330 valence electrons. The number of carbonyl (C=O) groups excluding carboxylic acids is 3. The first-order chi connectivity index (χ1) is 28.6. The van der Waals surface area contributed by atoms with E-state index in [1.165, 1.54) is 33.3 Å². The molecule has 0 saturated carbocycles. The molecule has 4 bridgehead atoms. The molecule has 0 aromatic heterocycles. The Bertz CT molecular complexity index is 2380. The lowest BCUT2D eigenvalue weighted by Crippen LogP contribution is -2.44. The second-order valence-electron chi connectivity index (χ2n) is 17.6. The van der Waals surface area contributed by atoms with Crippen LogP contribution in [0.2, 0.25) is 0 Å². The normalized spacial score (nSPS) is 31.5. The Balaban J connectivity index is 1.56. The summed E-state index contributed by atoms with van der Waals surface area (Å²) >= 11 is 0. The Kier molecular flexibility index (Phi) is 12.8. The number of Topliss-reactive ketones (excluding diaryl/α,β-unsaturated/α-hetero) is 1. The zero-order valence-corrected chi connectivity index (χ0v) is 37.0. The van der Waals surface area contributed by atoms with E-state index in [1.54, 1.807) is 59.8 Å². The number of esters is 1. The molecule has 6 rings (SSSR count). The summed E-state index contributed by atoms with van der Waals surface area (Å²) in [4.78, 5) is 53.6. The number of rotatable bonds is 4. The number of amides is 1. The van der Waals surface area contributed by atoms with Crippen LogP contribution in [0.3, 0.4) is 0 Å². The van der Waals surface area contributed by atoms with Crippen molar-refractivity contribution in [3.8, 4) is 17.2 Å². The van der Waals surface area contributed by atoms with Gasteiger partial charge in [-0.3, -0.25) is 24.4 Å². The van der Waals surface area contributed by atoms with Gasteiger partial charge in [-0.2, -0.15) is 0 Å². The smallest absolute Gasteiger partial charge is 0.312 e. The minimum absolute atomic E-state index is 0.0322. The lowest BCUT2D eigenvalue weighted by atomic mass is 9.81. The quantitative estimate of drug-likeness (QED) is 0.189. The molecule has 7 atom stereocenters. The molecule has 0 radical (unpaired) electrons. The Morgan fingerprint density at radius 2 is 1.67 bits per heavy atom. The molecule has 1 saturated heterocycles. The zero-order chi connectivity index (χ0) is 44.9. The third-order valence-corrected chi connectivity index (χ3v) is 12.6. The number of hydrogen-bond acceptors (Lipinski definition) is 14. The van der Waals surface area contributed by atoms with Crippen molar-refractivity contribution in [3.05, 3.63) is 69.3 Å². The van der Waals surface area contributed by atoms with Crippen LogP contribution in [0.1, 0.15) is 91.1 Å². The number of likely N-dealkylation sites (tertiary alicyclic amines) is 1. The minimum Gasteiger partial charge on any atom is -0.512 e. The summed E-state index contributed by atoms with van der Waals surface area (Å²) in [6, 6.07) is 0. The number of aliphatic hydroxyl groups excluding tert-OH is 2. The lowest BCUT2D eigenvalue weighted by Gasteiger charge is -2.36. The van der Waals surface area contributed by atoms with Gasteiger partial charge in [-0.25, -0.2) is 0 Å². The molecule has 61 heavy (non-hydrogen) atoms. The third kappa shape index (κ3) is 8.39. The number of phenols is 2. The van der Waals surface area contributed by atoms with Gasteiger partial charge >= 0.3 is 11.8 Å². The summed E-state index contributed by atoms with van der Waals surface area (Å²) in [6.07, 6.45) is 5.73. The molecule has 1 fully saturated rings. The van der Waals surface area contributed by atoms with Crippen molar-refractivity contribution in [1.29, 1.82) is 0 Å². The van der Waals surface area contributed by atoms with Gasteiger partial charge in [0.15, 0.2) is 11.4 Å². The number of phenolic OH excluding ortho intramolecular Hbond substituents is 2. The van der Waals surface area contributed by atoms with Crippen molar-refractivity contribution in [2.75, 3.05) is 32.1 Å². The van der Waals surface area contributed by atoms with Crippen LogP contribution >= 0.6 is 0 Å². The van der Waals surface area contributed by atoms with Crippen LogP contribution in [0.4, 0.5) is 5.69 Å². The first kappa shape index (κ1) is 45.3. The predicted molar refractivity (Wildman–Crippen MR) is 228 cm³/mol. The van der Waals surface area contributed by atoms with Crippen LogP contribution in [0.25, 0.3) is 10.8 Å². The molecule has 1 amide bonds. The number of aromatic hydroxyl groups is 2. The summed E-state index contributed by atoms with van der Waals surface area (Å²) in [6.45, 7) is 19.3. The van der Waals surface area contributed by atoms with Gasteiger partial charge in [-0.15, -0.1) is 0 Å². The number of nitrogens with zero attached hydrogens (tertiary/aromatic N) is 3. The van der Waals surface area contributed by atoms with Crippen molar-refractivity contribution in [2.24, 2.45) is 33.7 Å². The number of piperidine rings is 1. The predicted octanol–water partition coefficient (Wildman–Crippen LogP) is 5.58. The molecule has 0 aliphatic carbocycles. The first-order valence-electron chi connectivity index (χ1n) is 20.9. The van der Waals surface area contributed by atoms with Crippen LogP contribution < -0.4 is 20.8 Å². The maximum atomic E-state index is 14.7. The second kappa shape index (κ2) is 17.3. The molecule has 0 unspecified atom stereocenters. The number of aliphatic hydroxyl groups is 2. The summed E-state index contributed by atoms with van der Waals surface area (Å²) in [7, 11) is 1.46. The van der Waals surface area contributed by atoms with Crippen LogP contribution in [-0.2, 0) is 23.8 Å². The number of hydrogen-bond donors (Lipinski definition) is 5. The number of anilines is 1. The lowest BCUT2D eigenvalue weighted by molar-refractivity contribution is -0.159. The van der Waals surface area contributed by atoms with E-state index in [4.69, 9.17) is 28.9 Å². The van der Waals surface area contributed by atoms with Crippen LogP contribution in [0, 0.1) is 30.6 Å². The number of fused-ring (bicyclic) bond motifs is 1. The van der Waals surface area contributed by atoms with Gasteiger partial charge in [0.05, 0.1) is 34.8 Å². The highest BCUT2D eigenvalue weighted by Crippen LogP contribution is 2.50. The van der Waals surface area contributed by atoms with Crippen molar-refractivity contribution in [3.63, 3.8) is 0 Å². The van der Waals surface area contributed by atoms with Gasteiger partial charge in [0.2, 0.25) is 0 Å². The summed E-state index contributed by atoms with van der Waals surface area (Å²) in [5.41, 5.74) is -0.195. The largest absolute Gasteiger partial charge is 0.512 e. The summed E-state index contributed by atoms with van der Waals surface area (Å²) in [5.74, 6) is -6.31. The van der Waals surface area contributed by atoms with E-state index in [-0.39, 0.29) is 61.1 Å². The van der Waals surface area contributed by atoms with E-state index in [2.05, 4.69) is 24.1 Å². The molecular formula is C46H60N4O11. The fourth-order valence-corrected chi connectivity index (χ4v) is 8.95. The third-order valence-electron chi connectivity index (χ3n) is 12.6. The monoisotopic (exact) mass is 844 g/mol. The number of carbonyl (C=O) groups is 3. The van der Waals surface area contributed by atoms with Crippen LogP contribution in [-0.4, -0.2) is 99.5 Å². The summed E-state index contributed by atoms with van der Waals surface area (Å²) < 4.78 is 23.9. The van der Waals surface area contributed by atoms with Crippen LogP contribution in [0.5, 0.6) is 17.2 Å². The standard InChI is InChI=1S/C46H60N4O11/c1-22(2)21-50-18-16-46(17-19-50)48-34-31-32-39(54)28(8)42-33(31)43(56)45(10,61-42)59-20-15-30(58-11)25(5)41(60-29(9)51)27(7)38(53)26(6)37(52)23(3)13-12-14-24(4)44(57)47-36(40(32)55)35(34)49-46/h12-15,20,22,25-27,30,38,41,52-55H,16-19,21H2,1-11H3,(H,47,57)/b13-12+,20-15+,24-14+,37-23-/t25-,26-,27-,30+,38-,41-,45+/m1/s1. The van der Waals surface area contributed by atoms with Crippen molar-refractivity contribution < 1.29 is 53.8 Å². The molecule has 2 aromatic carbocycles. The number of ether oxygens (including phenoxy) is 4. The van der Waals surface area contributed by atoms with Gasteiger partial charge in [-0.1, -0.05) is 52.8 Å². The summed E-state index contributed by atoms with van der Waals surface area (Å²) in [5, 5.41) is 50.0. The number of methoxy groups -OCH3 is 1. The molecule has 15 nitrogen and oxygen atoms in total. The SMILES string of the molecule is CO[C@H]1/C=C/O[C@@]2(C)Oc3c(C)c(O)c4c(O)c(c5c(c4c3C2=O)=NC2(CCN(CC(C)C)CC2)N=5)NC(=O)/C(C)=C/C=C/C(C)=C(\O)[C@@H](C)[C@@H](O)[C@@H](C)[C@H](OC(C)=O)[C@@H]1C. The van der Waals surface area contributed by atoms with Crippen LogP contribution in [0.15, 0.2) is 57.5 Å². The van der Waals surface area contributed by atoms with Crippen molar-refractivity contribution in [1.82, 2.24) is 4.90 Å². The fraction of sp³-hybridized carbons (Fsp3) is 0.543. The molecule has 4 aliphatic rings. The molecule has 4 heterocycles. The number of allylic oxidation sites excluding steroid dienone is 4. The van der Waals surface area contributed by atoms with Gasteiger partial charge in [0, 0.05) is 87.7 Å². The van der Waals surface area contributed by atoms with Gasteiger partial charge in [0.25, 0.3) is 11.7 Å². The molecule has 4 aliphatic heterocycles. The maximum Gasteiger partial charge on any atom is 0.312 e. The van der Waals surface area contributed by atoms with Crippen molar-refractivity contribution >= 4 is 34.1 Å². The second-order valence-corrected chi connectivity index (χ2v) is 17.6. The number of nitrogens with one attached hydrogen (secondary N) is 1. The zero-order valence-electron chi connectivity index (χ0n) is 37.0. The highest BCUT2D eigenvalue weighted by Gasteiger charge is 2.50. The molecule has 15 heteroatoms.